The van der Waals surface area contributed by atoms with Crippen LogP contribution in [0.15, 0.2) is 0 Å². The van der Waals surface area contributed by atoms with Crippen LogP contribution in [0, 0.1) is 3.57 Å². The zero-order valence-electron chi connectivity index (χ0n) is 10.7. The molecular formula is C12H18IN3O2. The highest BCUT2D eigenvalue weighted by Crippen LogP contribution is 2.24. The fourth-order valence-electron chi connectivity index (χ4n) is 1.81. The number of halogens is 1. The normalized spacial score (nSPS) is 19.8. The summed E-state index contributed by atoms with van der Waals surface area (Å²) >= 11 is 2.29. The zero-order valence-corrected chi connectivity index (χ0v) is 12.9. The fourth-order valence-corrected chi connectivity index (χ4v) is 2.63. The Morgan fingerprint density at radius 2 is 2.17 bits per heavy atom. The third-order valence-corrected chi connectivity index (χ3v) is 3.85. The van der Waals surface area contributed by atoms with Crippen molar-refractivity contribution in [1.82, 2.24) is 9.97 Å². The van der Waals surface area contributed by atoms with Gasteiger partial charge in [0.1, 0.15) is 11.9 Å². The Morgan fingerprint density at radius 3 is 2.78 bits per heavy atom. The first kappa shape index (κ1) is 14.0. The summed E-state index contributed by atoms with van der Waals surface area (Å²) < 4.78 is 12.2. The standard InChI is InChI=1S/C12H18IN3O2/c1-3-8-10(13)12(14-4-2)16-11(15-8)9-7-17-5-6-18-9/h9H,3-7H2,1-2H3,(H,14,15,16). The van der Waals surface area contributed by atoms with E-state index in [1.54, 1.807) is 0 Å². The van der Waals surface area contributed by atoms with Crippen molar-refractivity contribution in [2.24, 2.45) is 0 Å². The van der Waals surface area contributed by atoms with Crippen LogP contribution in [0.2, 0.25) is 0 Å². The fraction of sp³-hybridized carbons (Fsp3) is 0.667. The minimum absolute atomic E-state index is 0.140. The topological polar surface area (TPSA) is 56.3 Å². The van der Waals surface area contributed by atoms with Crippen LogP contribution < -0.4 is 5.32 Å². The van der Waals surface area contributed by atoms with Gasteiger partial charge in [0.25, 0.3) is 0 Å². The predicted octanol–water partition coefficient (Wildman–Crippen LogP) is 2.16. The third kappa shape index (κ3) is 3.10. The molecule has 1 aromatic rings. The second-order valence-corrected chi connectivity index (χ2v) is 5.09. The molecule has 0 radical (unpaired) electrons. The molecule has 1 aliphatic heterocycles. The van der Waals surface area contributed by atoms with E-state index in [-0.39, 0.29) is 6.10 Å². The molecule has 1 saturated heterocycles. The number of hydrogen-bond donors (Lipinski definition) is 1. The first-order valence-corrected chi connectivity index (χ1v) is 7.33. The van der Waals surface area contributed by atoms with E-state index in [1.165, 1.54) is 0 Å². The van der Waals surface area contributed by atoms with E-state index in [1.807, 2.05) is 0 Å². The molecule has 1 fully saturated rings. The van der Waals surface area contributed by atoms with Crippen LogP contribution in [-0.4, -0.2) is 36.3 Å². The van der Waals surface area contributed by atoms with Gasteiger partial charge in [-0.1, -0.05) is 6.92 Å². The van der Waals surface area contributed by atoms with Gasteiger partial charge in [-0.3, -0.25) is 0 Å². The summed E-state index contributed by atoms with van der Waals surface area (Å²) in [4.78, 5) is 9.15. The Morgan fingerprint density at radius 1 is 1.33 bits per heavy atom. The zero-order chi connectivity index (χ0) is 13.0. The first-order chi connectivity index (χ1) is 8.76. The maximum atomic E-state index is 5.66. The van der Waals surface area contributed by atoms with Crippen molar-refractivity contribution in [3.63, 3.8) is 0 Å². The average molecular weight is 363 g/mol. The van der Waals surface area contributed by atoms with E-state index in [0.717, 1.165) is 33.9 Å². The van der Waals surface area contributed by atoms with E-state index in [2.05, 4.69) is 51.7 Å². The van der Waals surface area contributed by atoms with Crippen molar-refractivity contribution in [1.29, 1.82) is 0 Å². The maximum Gasteiger partial charge on any atom is 0.162 e. The Hall–Kier alpha value is -0.470. The van der Waals surface area contributed by atoms with Gasteiger partial charge in [-0.05, 0) is 35.9 Å². The summed E-state index contributed by atoms with van der Waals surface area (Å²) in [5, 5.41) is 3.28. The molecular weight excluding hydrogens is 345 g/mol. The van der Waals surface area contributed by atoms with Gasteiger partial charge in [0.05, 0.1) is 29.1 Å². The molecule has 1 aromatic heterocycles. The third-order valence-electron chi connectivity index (χ3n) is 2.72. The molecule has 2 heterocycles. The lowest BCUT2D eigenvalue weighted by molar-refractivity contribution is -0.0935. The van der Waals surface area contributed by atoms with Gasteiger partial charge in [0, 0.05) is 6.54 Å². The van der Waals surface area contributed by atoms with Gasteiger partial charge in [-0.2, -0.15) is 0 Å². The molecule has 18 heavy (non-hydrogen) atoms. The summed E-state index contributed by atoms with van der Waals surface area (Å²) in [7, 11) is 0. The van der Waals surface area contributed by atoms with Crippen molar-refractivity contribution in [2.75, 3.05) is 31.7 Å². The highest BCUT2D eigenvalue weighted by atomic mass is 127. The quantitative estimate of drug-likeness (QED) is 0.831. The van der Waals surface area contributed by atoms with Crippen LogP contribution in [0.1, 0.15) is 31.5 Å². The number of anilines is 1. The van der Waals surface area contributed by atoms with Crippen LogP contribution in [0.5, 0.6) is 0 Å². The molecule has 1 aliphatic rings. The number of hydrogen-bond acceptors (Lipinski definition) is 5. The highest BCUT2D eigenvalue weighted by molar-refractivity contribution is 14.1. The summed E-state index contributed by atoms with van der Waals surface area (Å²) in [6.07, 6.45) is 0.748. The number of nitrogens with one attached hydrogen (secondary N) is 1. The largest absolute Gasteiger partial charge is 0.376 e. The molecule has 100 valence electrons. The van der Waals surface area contributed by atoms with Crippen molar-refractivity contribution < 1.29 is 9.47 Å². The van der Waals surface area contributed by atoms with Crippen molar-refractivity contribution in [3.05, 3.63) is 15.1 Å². The van der Waals surface area contributed by atoms with E-state index < -0.39 is 0 Å². The number of nitrogens with zero attached hydrogens (tertiary/aromatic N) is 2. The molecule has 1 unspecified atom stereocenters. The smallest absolute Gasteiger partial charge is 0.162 e. The van der Waals surface area contributed by atoms with Crippen molar-refractivity contribution in [3.8, 4) is 0 Å². The SMILES string of the molecule is CCNc1nc(C2COCCO2)nc(CC)c1I. The van der Waals surface area contributed by atoms with Crippen LogP contribution in [0.25, 0.3) is 0 Å². The average Bonchev–Trinajstić information content (AvgIpc) is 2.42. The van der Waals surface area contributed by atoms with Gasteiger partial charge in [-0.25, -0.2) is 9.97 Å². The number of aromatic nitrogens is 2. The summed E-state index contributed by atoms with van der Waals surface area (Å²) in [5.41, 5.74) is 1.06. The lowest BCUT2D eigenvalue weighted by Gasteiger charge is -2.23. The van der Waals surface area contributed by atoms with Crippen molar-refractivity contribution >= 4 is 28.4 Å². The van der Waals surface area contributed by atoms with Crippen LogP contribution >= 0.6 is 22.6 Å². The molecule has 0 bridgehead atoms. The molecule has 5 nitrogen and oxygen atoms in total. The minimum Gasteiger partial charge on any atom is -0.376 e. The second kappa shape index (κ2) is 6.63. The number of ether oxygens (including phenoxy) is 2. The van der Waals surface area contributed by atoms with Crippen LogP contribution in [-0.2, 0) is 15.9 Å². The van der Waals surface area contributed by atoms with Crippen molar-refractivity contribution in [2.45, 2.75) is 26.4 Å². The van der Waals surface area contributed by atoms with E-state index in [9.17, 15) is 0 Å². The Kier molecular flexibility index (Phi) is 5.13. The van der Waals surface area contributed by atoms with Gasteiger partial charge in [-0.15, -0.1) is 0 Å². The predicted molar refractivity (Wildman–Crippen MR) is 77.8 cm³/mol. The molecule has 0 aromatic carbocycles. The van der Waals surface area contributed by atoms with Gasteiger partial charge >= 0.3 is 0 Å². The summed E-state index contributed by atoms with van der Waals surface area (Å²) in [5.74, 6) is 1.62. The van der Waals surface area contributed by atoms with E-state index >= 15 is 0 Å². The Labute approximate surface area is 121 Å². The first-order valence-electron chi connectivity index (χ1n) is 6.25. The van der Waals surface area contributed by atoms with Gasteiger partial charge < -0.3 is 14.8 Å². The molecule has 0 spiro atoms. The molecule has 2 rings (SSSR count). The van der Waals surface area contributed by atoms with Gasteiger partial charge in [0.2, 0.25) is 0 Å². The minimum atomic E-state index is -0.140. The summed E-state index contributed by atoms with van der Waals surface area (Å²) in [6.45, 7) is 6.80. The van der Waals surface area contributed by atoms with Crippen LogP contribution in [0.3, 0.4) is 0 Å². The van der Waals surface area contributed by atoms with E-state index in [0.29, 0.717) is 19.8 Å². The van der Waals surface area contributed by atoms with Crippen LogP contribution in [0.4, 0.5) is 5.82 Å². The molecule has 0 amide bonds. The molecule has 0 saturated carbocycles. The highest BCUT2D eigenvalue weighted by Gasteiger charge is 2.22. The monoisotopic (exact) mass is 363 g/mol. The van der Waals surface area contributed by atoms with Gasteiger partial charge in [0.15, 0.2) is 5.82 Å². The number of aryl methyl sites for hydroxylation is 1. The molecule has 1 N–H and O–H groups in total. The number of rotatable bonds is 4. The Bertz CT molecular complexity index is 409. The Balaban J connectivity index is 2.31. The molecule has 6 heteroatoms. The maximum absolute atomic E-state index is 5.66. The van der Waals surface area contributed by atoms with E-state index in [4.69, 9.17) is 9.47 Å². The summed E-state index contributed by atoms with van der Waals surface area (Å²) in [6, 6.07) is 0. The lowest BCUT2D eigenvalue weighted by atomic mass is 10.2. The molecule has 0 aliphatic carbocycles. The molecule has 1 atom stereocenters. The second-order valence-electron chi connectivity index (χ2n) is 4.01. The lowest BCUT2D eigenvalue weighted by Crippen LogP contribution is -2.24.